The molecular weight excluding hydrogens is 168 g/mol. The first kappa shape index (κ1) is 10.3. The van der Waals surface area contributed by atoms with Crippen LogP contribution in [-0.4, -0.2) is 53.7 Å². The van der Waals surface area contributed by atoms with Crippen molar-refractivity contribution in [3.63, 3.8) is 0 Å². The molecule has 0 aromatic heterocycles. The molecule has 0 aliphatic carbocycles. The number of carbonyl (C=O) groups excluding carboxylic acids is 1. The van der Waals surface area contributed by atoms with Crippen molar-refractivity contribution in [2.45, 2.75) is 25.9 Å². The summed E-state index contributed by atoms with van der Waals surface area (Å²) in [6.45, 7) is 4.10. The number of hydrogen-bond donors (Lipinski definition) is 1. The third-order valence-corrected chi connectivity index (χ3v) is 2.34. The molecule has 1 rings (SSSR count). The summed E-state index contributed by atoms with van der Waals surface area (Å²) >= 11 is 0. The molecule has 76 valence electrons. The molecule has 1 N–H and O–H groups in total. The molecule has 1 atom stereocenters. The Morgan fingerprint density at radius 2 is 2.23 bits per heavy atom. The fraction of sp³-hybridized carbons (Fsp3) is 0.889. The van der Waals surface area contributed by atoms with Crippen LogP contribution in [0.15, 0.2) is 0 Å². The number of hydrogen-bond acceptors (Lipinski definition) is 2. The lowest BCUT2D eigenvalue weighted by molar-refractivity contribution is 0.123. The molecule has 4 nitrogen and oxygen atoms in total. The molecule has 0 bridgehead atoms. The summed E-state index contributed by atoms with van der Waals surface area (Å²) < 4.78 is 0. The molecule has 0 aromatic rings. The fourth-order valence-electron chi connectivity index (χ4n) is 1.48. The van der Waals surface area contributed by atoms with Crippen LogP contribution in [0.2, 0.25) is 0 Å². The maximum atomic E-state index is 11.5. The van der Waals surface area contributed by atoms with E-state index in [1.54, 1.807) is 16.7 Å². The first-order chi connectivity index (χ1) is 6.11. The van der Waals surface area contributed by atoms with Gasteiger partial charge in [-0.3, -0.25) is 0 Å². The molecule has 1 unspecified atom stereocenters. The summed E-state index contributed by atoms with van der Waals surface area (Å²) in [5.41, 5.74) is 0. The molecule has 1 aliphatic rings. The average molecular weight is 186 g/mol. The van der Waals surface area contributed by atoms with Crippen LogP contribution in [-0.2, 0) is 0 Å². The topological polar surface area (TPSA) is 43.8 Å². The number of rotatable bonds is 3. The van der Waals surface area contributed by atoms with Crippen molar-refractivity contribution in [2.24, 2.45) is 0 Å². The Balaban J connectivity index is 2.35. The molecule has 1 fully saturated rings. The van der Waals surface area contributed by atoms with E-state index < -0.39 is 0 Å². The van der Waals surface area contributed by atoms with Crippen molar-refractivity contribution in [3.05, 3.63) is 0 Å². The summed E-state index contributed by atoms with van der Waals surface area (Å²) in [7, 11) is 1.82. The zero-order valence-corrected chi connectivity index (χ0v) is 8.36. The van der Waals surface area contributed by atoms with Crippen LogP contribution in [0.1, 0.15) is 19.8 Å². The first-order valence-electron chi connectivity index (χ1n) is 4.79. The number of aliphatic hydroxyl groups excluding tert-OH is 1. The van der Waals surface area contributed by atoms with Gasteiger partial charge in [0.25, 0.3) is 0 Å². The van der Waals surface area contributed by atoms with Crippen molar-refractivity contribution in [1.29, 1.82) is 0 Å². The second-order valence-corrected chi connectivity index (χ2v) is 3.68. The van der Waals surface area contributed by atoms with Gasteiger partial charge in [-0.25, -0.2) is 4.79 Å². The molecule has 0 saturated carbocycles. The Hall–Kier alpha value is -0.770. The first-order valence-corrected chi connectivity index (χ1v) is 4.79. The predicted octanol–water partition coefficient (Wildman–Crippen LogP) is 0.515. The largest absolute Gasteiger partial charge is 0.393 e. The standard InChI is InChI=1S/C9H18N2O2/c1-8(12)4-7-11-6-3-5-10(2)9(11)13/h8,12H,3-7H2,1-2H3. The van der Waals surface area contributed by atoms with Crippen molar-refractivity contribution < 1.29 is 9.90 Å². The second-order valence-electron chi connectivity index (χ2n) is 3.68. The van der Waals surface area contributed by atoms with Gasteiger partial charge in [-0.05, 0) is 19.8 Å². The molecule has 1 aliphatic heterocycles. The van der Waals surface area contributed by atoms with E-state index in [4.69, 9.17) is 5.11 Å². The lowest BCUT2D eigenvalue weighted by Crippen LogP contribution is -2.47. The van der Waals surface area contributed by atoms with Crippen LogP contribution >= 0.6 is 0 Å². The van der Waals surface area contributed by atoms with Gasteiger partial charge in [0.15, 0.2) is 0 Å². The van der Waals surface area contributed by atoms with Crippen LogP contribution < -0.4 is 0 Å². The summed E-state index contributed by atoms with van der Waals surface area (Å²) in [6.07, 6.45) is 1.38. The number of urea groups is 1. The van der Waals surface area contributed by atoms with Crippen molar-refractivity contribution in [3.8, 4) is 0 Å². The minimum absolute atomic E-state index is 0.0897. The van der Waals surface area contributed by atoms with Gasteiger partial charge >= 0.3 is 6.03 Å². The maximum Gasteiger partial charge on any atom is 0.319 e. The number of amides is 2. The monoisotopic (exact) mass is 186 g/mol. The number of aliphatic hydroxyl groups is 1. The van der Waals surface area contributed by atoms with E-state index in [1.165, 1.54) is 0 Å². The van der Waals surface area contributed by atoms with E-state index in [0.29, 0.717) is 13.0 Å². The van der Waals surface area contributed by atoms with Crippen molar-refractivity contribution in [2.75, 3.05) is 26.7 Å². The summed E-state index contributed by atoms with van der Waals surface area (Å²) in [5, 5.41) is 9.08. The van der Waals surface area contributed by atoms with Gasteiger partial charge in [0.2, 0.25) is 0 Å². The second kappa shape index (κ2) is 4.46. The third-order valence-electron chi connectivity index (χ3n) is 2.34. The number of carbonyl (C=O) groups is 1. The molecule has 0 aromatic carbocycles. The van der Waals surface area contributed by atoms with Gasteiger partial charge in [0.1, 0.15) is 0 Å². The van der Waals surface area contributed by atoms with E-state index in [0.717, 1.165) is 19.5 Å². The van der Waals surface area contributed by atoms with Crippen molar-refractivity contribution >= 4 is 6.03 Å². The summed E-state index contributed by atoms with van der Waals surface area (Å²) in [6, 6.07) is 0.0897. The van der Waals surface area contributed by atoms with Crippen LogP contribution in [0.3, 0.4) is 0 Å². The van der Waals surface area contributed by atoms with Gasteiger partial charge in [0, 0.05) is 26.7 Å². The van der Waals surface area contributed by atoms with E-state index in [-0.39, 0.29) is 12.1 Å². The molecular formula is C9H18N2O2. The highest BCUT2D eigenvalue weighted by molar-refractivity contribution is 5.74. The minimum atomic E-state index is -0.319. The lowest BCUT2D eigenvalue weighted by Gasteiger charge is -2.33. The Labute approximate surface area is 79.1 Å². The molecule has 0 spiro atoms. The van der Waals surface area contributed by atoms with Gasteiger partial charge in [-0.1, -0.05) is 0 Å². The molecule has 0 radical (unpaired) electrons. The highest BCUT2D eigenvalue weighted by Gasteiger charge is 2.21. The van der Waals surface area contributed by atoms with Crippen LogP contribution in [0.4, 0.5) is 4.79 Å². The van der Waals surface area contributed by atoms with Gasteiger partial charge in [-0.15, -0.1) is 0 Å². The van der Waals surface area contributed by atoms with E-state index in [2.05, 4.69) is 0 Å². The van der Waals surface area contributed by atoms with Gasteiger partial charge < -0.3 is 14.9 Å². The SMILES string of the molecule is CC(O)CCN1CCCN(C)C1=O. The molecule has 2 amide bonds. The predicted molar refractivity (Wildman–Crippen MR) is 50.5 cm³/mol. The van der Waals surface area contributed by atoms with Gasteiger partial charge in [-0.2, -0.15) is 0 Å². The van der Waals surface area contributed by atoms with Crippen LogP contribution in [0.5, 0.6) is 0 Å². The van der Waals surface area contributed by atoms with Crippen LogP contribution in [0, 0.1) is 0 Å². The quantitative estimate of drug-likeness (QED) is 0.698. The van der Waals surface area contributed by atoms with Crippen LogP contribution in [0.25, 0.3) is 0 Å². The Morgan fingerprint density at radius 3 is 2.85 bits per heavy atom. The maximum absolute atomic E-state index is 11.5. The highest BCUT2D eigenvalue weighted by atomic mass is 16.3. The Bertz CT molecular complexity index is 182. The van der Waals surface area contributed by atoms with Crippen molar-refractivity contribution in [1.82, 2.24) is 9.80 Å². The Morgan fingerprint density at radius 1 is 1.54 bits per heavy atom. The zero-order chi connectivity index (χ0) is 9.84. The normalized spacial score (nSPS) is 20.7. The molecule has 1 heterocycles. The number of nitrogens with zero attached hydrogens (tertiary/aromatic N) is 2. The Kier molecular flexibility index (Phi) is 3.54. The molecule has 4 heteroatoms. The smallest absolute Gasteiger partial charge is 0.319 e. The summed E-state index contributed by atoms with van der Waals surface area (Å²) in [4.78, 5) is 15.0. The minimum Gasteiger partial charge on any atom is -0.393 e. The summed E-state index contributed by atoms with van der Waals surface area (Å²) in [5.74, 6) is 0. The zero-order valence-electron chi connectivity index (χ0n) is 8.36. The average Bonchev–Trinajstić information content (AvgIpc) is 2.07. The van der Waals surface area contributed by atoms with E-state index in [1.807, 2.05) is 7.05 Å². The highest BCUT2D eigenvalue weighted by Crippen LogP contribution is 2.07. The third kappa shape index (κ3) is 2.88. The van der Waals surface area contributed by atoms with E-state index in [9.17, 15) is 4.79 Å². The fourth-order valence-corrected chi connectivity index (χ4v) is 1.48. The lowest BCUT2D eigenvalue weighted by atomic mass is 10.2. The molecule has 13 heavy (non-hydrogen) atoms. The van der Waals surface area contributed by atoms with Gasteiger partial charge in [0.05, 0.1) is 6.10 Å². The molecule has 1 saturated heterocycles. The van der Waals surface area contributed by atoms with E-state index >= 15 is 0 Å².